The molecule has 0 atom stereocenters. The molecular weight excluding hydrogens is 208 g/mol. The Morgan fingerprint density at radius 3 is 2.38 bits per heavy atom. The van der Waals surface area contributed by atoms with E-state index in [1.165, 1.54) is 0 Å². The van der Waals surface area contributed by atoms with Crippen molar-refractivity contribution in [2.45, 2.75) is 19.8 Å². The van der Waals surface area contributed by atoms with Gasteiger partial charge in [0.05, 0.1) is 0 Å². The quantitative estimate of drug-likeness (QED) is 0.593. The molecule has 1 rings (SSSR count). The molecule has 16 heavy (non-hydrogen) atoms. The summed E-state index contributed by atoms with van der Waals surface area (Å²) in [5.74, 6) is -1.52. The van der Waals surface area contributed by atoms with Crippen LogP contribution in [0, 0.1) is 0 Å². The molecule has 1 aromatic carbocycles. The highest BCUT2D eigenvalue weighted by molar-refractivity contribution is 5.85. The van der Waals surface area contributed by atoms with Gasteiger partial charge in [-0.25, -0.2) is 4.79 Å². The summed E-state index contributed by atoms with van der Waals surface area (Å²) in [6.45, 7) is 1.85. The summed E-state index contributed by atoms with van der Waals surface area (Å²) < 4.78 is 5.12. The van der Waals surface area contributed by atoms with Gasteiger partial charge in [-0.05, 0) is 18.6 Å². The van der Waals surface area contributed by atoms with Gasteiger partial charge in [0.15, 0.2) is 0 Å². The van der Waals surface area contributed by atoms with E-state index >= 15 is 0 Å². The number of benzene rings is 1. The number of ether oxygens (including phenoxy) is 1. The van der Waals surface area contributed by atoms with Crippen LogP contribution in [0.4, 0.5) is 0 Å². The zero-order chi connectivity index (χ0) is 12.0. The molecule has 0 amide bonds. The molecule has 0 saturated heterocycles. The lowest BCUT2D eigenvalue weighted by molar-refractivity contribution is -0.135. The number of hydrogen-bond acceptors (Lipinski definition) is 3. The van der Waals surface area contributed by atoms with E-state index < -0.39 is 11.7 Å². The average Bonchev–Trinajstić information content (AvgIpc) is 2.27. The van der Waals surface area contributed by atoms with Crippen LogP contribution in [0.25, 0.3) is 0 Å². The van der Waals surface area contributed by atoms with Gasteiger partial charge in [-0.1, -0.05) is 25.1 Å². The van der Waals surface area contributed by atoms with Crippen molar-refractivity contribution in [3.63, 3.8) is 0 Å². The van der Waals surface area contributed by atoms with E-state index in [0.29, 0.717) is 12.2 Å². The number of rotatable bonds is 5. The molecule has 0 radical (unpaired) electrons. The SMILES string of the molecule is CCC/C(O)=C(\Oc1ccccc1)C(=O)O. The highest BCUT2D eigenvalue weighted by Crippen LogP contribution is 2.16. The molecule has 0 unspecified atom stereocenters. The second-order valence-electron chi connectivity index (χ2n) is 3.25. The molecule has 0 saturated carbocycles. The van der Waals surface area contributed by atoms with Gasteiger partial charge >= 0.3 is 5.97 Å². The van der Waals surface area contributed by atoms with Crippen molar-refractivity contribution in [3.05, 3.63) is 41.9 Å². The lowest BCUT2D eigenvalue weighted by Crippen LogP contribution is -2.11. The molecule has 0 spiro atoms. The average molecular weight is 222 g/mol. The fourth-order valence-corrected chi connectivity index (χ4v) is 1.18. The number of hydrogen-bond donors (Lipinski definition) is 2. The van der Waals surface area contributed by atoms with Crippen LogP contribution in [0.1, 0.15) is 19.8 Å². The Morgan fingerprint density at radius 2 is 1.88 bits per heavy atom. The smallest absolute Gasteiger partial charge is 0.375 e. The van der Waals surface area contributed by atoms with Gasteiger partial charge in [0.25, 0.3) is 0 Å². The van der Waals surface area contributed by atoms with Crippen molar-refractivity contribution in [2.24, 2.45) is 0 Å². The molecule has 0 fully saturated rings. The minimum atomic E-state index is -1.27. The van der Waals surface area contributed by atoms with E-state index in [9.17, 15) is 9.90 Å². The van der Waals surface area contributed by atoms with Crippen LogP contribution in [0.2, 0.25) is 0 Å². The Kier molecular flexibility index (Phi) is 4.39. The maximum absolute atomic E-state index is 10.9. The van der Waals surface area contributed by atoms with Gasteiger partial charge in [-0.2, -0.15) is 0 Å². The number of carbonyl (C=O) groups is 1. The van der Waals surface area contributed by atoms with E-state index in [-0.39, 0.29) is 12.2 Å². The van der Waals surface area contributed by atoms with E-state index in [1.807, 2.05) is 6.92 Å². The Morgan fingerprint density at radius 1 is 1.25 bits per heavy atom. The number of allylic oxidation sites excluding steroid dienone is 1. The second kappa shape index (κ2) is 5.80. The lowest BCUT2D eigenvalue weighted by Gasteiger charge is -2.08. The van der Waals surface area contributed by atoms with Crippen molar-refractivity contribution < 1.29 is 19.7 Å². The lowest BCUT2D eigenvalue weighted by atomic mass is 10.2. The summed E-state index contributed by atoms with van der Waals surface area (Å²) in [5, 5.41) is 18.4. The van der Waals surface area contributed by atoms with Crippen molar-refractivity contribution in [1.29, 1.82) is 0 Å². The molecule has 0 aliphatic rings. The minimum Gasteiger partial charge on any atom is -0.508 e. The van der Waals surface area contributed by atoms with Crippen LogP contribution >= 0.6 is 0 Å². The fourth-order valence-electron chi connectivity index (χ4n) is 1.18. The normalized spacial score (nSPS) is 11.8. The van der Waals surface area contributed by atoms with Crippen LogP contribution in [-0.4, -0.2) is 16.2 Å². The Labute approximate surface area is 93.8 Å². The highest BCUT2D eigenvalue weighted by atomic mass is 16.5. The predicted molar refractivity (Wildman–Crippen MR) is 59.3 cm³/mol. The highest BCUT2D eigenvalue weighted by Gasteiger charge is 2.16. The van der Waals surface area contributed by atoms with Crippen molar-refractivity contribution in [2.75, 3.05) is 0 Å². The summed E-state index contributed by atoms with van der Waals surface area (Å²) in [5.41, 5.74) is 0. The summed E-state index contributed by atoms with van der Waals surface area (Å²) >= 11 is 0. The molecule has 0 bridgehead atoms. The molecule has 0 aliphatic heterocycles. The number of aliphatic carboxylic acids is 1. The molecule has 86 valence electrons. The van der Waals surface area contributed by atoms with Crippen molar-refractivity contribution in [1.82, 2.24) is 0 Å². The molecule has 4 heteroatoms. The first-order chi connectivity index (χ1) is 7.65. The molecular formula is C12H14O4. The van der Waals surface area contributed by atoms with E-state index in [2.05, 4.69) is 0 Å². The first-order valence-electron chi connectivity index (χ1n) is 5.03. The third kappa shape index (κ3) is 3.31. The Balaban J connectivity index is 2.89. The van der Waals surface area contributed by atoms with Crippen LogP contribution in [-0.2, 0) is 4.79 Å². The summed E-state index contributed by atoms with van der Waals surface area (Å²) in [6.07, 6.45) is 0.940. The van der Waals surface area contributed by atoms with Gasteiger partial charge < -0.3 is 14.9 Å². The molecule has 2 N–H and O–H groups in total. The molecule has 4 nitrogen and oxygen atoms in total. The number of carboxylic acid groups (broad SMARTS) is 1. The number of para-hydroxylation sites is 1. The van der Waals surface area contributed by atoms with Crippen LogP contribution < -0.4 is 4.74 Å². The van der Waals surface area contributed by atoms with Crippen molar-refractivity contribution >= 4 is 5.97 Å². The number of carboxylic acids is 1. The minimum absolute atomic E-state index is 0.237. The second-order valence-corrected chi connectivity index (χ2v) is 3.25. The molecule has 0 heterocycles. The zero-order valence-electron chi connectivity index (χ0n) is 9.01. The number of aliphatic hydroxyl groups is 1. The van der Waals surface area contributed by atoms with Gasteiger partial charge in [-0.15, -0.1) is 0 Å². The largest absolute Gasteiger partial charge is 0.508 e. The molecule has 0 aliphatic carbocycles. The third-order valence-corrected chi connectivity index (χ3v) is 1.91. The molecule has 1 aromatic rings. The first-order valence-corrected chi connectivity index (χ1v) is 5.03. The monoisotopic (exact) mass is 222 g/mol. The standard InChI is InChI=1S/C12H14O4/c1-2-6-10(13)11(12(14)15)16-9-7-4-3-5-8-9/h3-5,7-8,13H,2,6H2,1H3,(H,14,15)/b11-10+. The van der Waals surface area contributed by atoms with Gasteiger partial charge in [0.2, 0.25) is 5.76 Å². The maximum Gasteiger partial charge on any atom is 0.375 e. The first kappa shape index (κ1) is 12.1. The van der Waals surface area contributed by atoms with Gasteiger partial charge in [0, 0.05) is 6.42 Å². The van der Waals surface area contributed by atoms with Gasteiger partial charge in [0.1, 0.15) is 11.5 Å². The third-order valence-electron chi connectivity index (χ3n) is 1.91. The van der Waals surface area contributed by atoms with E-state index in [4.69, 9.17) is 9.84 Å². The maximum atomic E-state index is 10.9. The van der Waals surface area contributed by atoms with E-state index in [1.54, 1.807) is 30.3 Å². The van der Waals surface area contributed by atoms with Gasteiger partial charge in [-0.3, -0.25) is 0 Å². The van der Waals surface area contributed by atoms with Crippen LogP contribution in [0.15, 0.2) is 41.9 Å². The number of aliphatic hydroxyl groups excluding tert-OH is 1. The predicted octanol–water partition coefficient (Wildman–Crippen LogP) is 2.72. The summed E-state index contributed by atoms with van der Waals surface area (Å²) in [4.78, 5) is 10.9. The van der Waals surface area contributed by atoms with E-state index in [0.717, 1.165) is 0 Å². The topological polar surface area (TPSA) is 66.8 Å². The molecule has 0 aromatic heterocycles. The fraction of sp³-hybridized carbons (Fsp3) is 0.250. The van der Waals surface area contributed by atoms with Crippen LogP contribution in [0.3, 0.4) is 0 Å². The van der Waals surface area contributed by atoms with Crippen LogP contribution in [0.5, 0.6) is 5.75 Å². The summed E-state index contributed by atoms with van der Waals surface area (Å²) in [6, 6.07) is 8.50. The summed E-state index contributed by atoms with van der Waals surface area (Å²) in [7, 11) is 0. The Hall–Kier alpha value is -1.97. The van der Waals surface area contributed by atoms with Crippen molar-refractivity contribution in [3.8, 4) is 5.75 Å². The zero-order valence-corrected chi connectivity index (χ0v) is 9.01. The Bertz CT molecular complexity index is 381.